The highest BCUT2D eigenvalue weighted by Gasteiger charge is 2.22. The van der Waals surface area contributed by atoms with Gasteiger partial charge in [-0.2, -0.15) is 0 Å². The fourth-order valence-electron chi connectivity index (χ4n) is 1.92. The van der Waals surface area contributed by atoms with Gasteiger partial charge in [-0.1, -0.05) is 0 Å². The molecule has 0 atom stereocenters. The molecule has 0 spiro atoms. The normalized spacial score (nSPS) is 14.6. The van der Waals surface area contributed by atoms with Crippen LogP contribution in [-0.4, -0.2) is 27.6 Å². The maximum absolute atomic E-state index is 11.5. The van der Waals surface area contributed by atoms with Crippen LogP contribution in [-0.2, 0) is 16.4 Å². The van der Waals surface area contributed by atoms with E-state index in [1.54, 1.807) is 12.1 Å². The van der Waals surface area contributed by atoms with Gasteiger partial charge < -0.3 is 4.74 Å². The number of hydrogen-bond donors (Lipinski definition) is 1. The third kappa shape index (κ3) is 2.41. The Labute approximate surface area is 99.8 Å². The number of carbonyl (C=O) groups excluding carboxylic acids is 1. The van der Waals surface area contributed by atoms with Crippen LogP contribution < -0.4 is 9.46 Å². The number of aryl methyl sites for hydroxylation is 1. The number of fused-ring (bicyclic) bond motifs is 1. The van der Waals surface area contributed by atoms with Gasteiger partial charge in [0.1, 0.15) is 5.75 Å². The molecule has 0 saturated heterocycles. The molecule has 1 aliphatic rings. The first-order chi connectivity index (χ1) is 7.90. The number of carbonyl (C=O) groups is 1. The third-order valence-electron chi connectivity index (χ3n) is 2.64. The summed E-state index contributed by atoms with van der Waals surface area (Å²) in [6.45, 7) is 0. The zero-order valence-electron chi connectivity index (χ0n) is 9.61. The lowest BCUT2D eigenvalue weighted by atomic mass is 10.1. The summed E-state index contributed by atoms with van der Waals surface area (Å²) in [6.07, 6.45) is 2.20. The number of nitrogens with one attached hydrogen (secondary N) is 1. The second-order valence-corrected chi connectivity index (χ2v) is 5.76. The van der Waals surface area contributed by atoms with Crippen molar-refractivity contribution in [3.8, 4) is 5.75 Å². The van der Waals surface area contributed by atoms with Gasteiger partial charge in [0.15, 0.2) is 5.78 Å². The van der Waals surface area contributed by atoms with Gasteiger partial charge in [0, 0.05) is 12.0 Å². The van der Waals surface area contributed by atoms with Crippen LogP contribution in [0.25, 0.3) is 0 Å². The second-order valence-electron chi connectivity index (χ2n) is 4.01. The molecule has 0 aromatic heterocycles. The zero-order valence-corrected chi connectivity index (χ0v) is 10.4. The van der Waals surface area contributed by atoms with Crippen molar-refractivity contribution >= 4 is 21.5 Å². The van der Waals surface area contributed by atoms with Crippen molar-refractivity contribution in [3.05, 3.63) is 23.3 Å². The molecule has 0 heterocycles. The Balaban J connectivity index is 2.50. The smallest absolute Gasteiger partial charge is 0.229 e. The first kappa shape index (κ1) is 11.9. The van der Waals surface area contributed by atoms with E-state index in [2.05, 4.69) is 4.72 Å². The lowest BCUT2D eigenvalue weighted by Gasteiger charge is -2.11. The van der Waals surface area contributed by atoms with Gasteiger partial charge in [-0.15, -0.1) is 0 Å². The fraction of sp³-hybridized carbons (Fsp3) is 0.364. The highest BCUT2D eigenvalue weighted by Crippen LogP contribution is 2.33. The molecule has 1 aliphatic carbocycles. The van der Waals surface area contributed by atoms with Crippen LogP contribution in [0.15, 0.2) is 12.1 Å². The third-order valence-corrected chi connectivity index (χ3v) is 3.23. The molecule has 1 aromatic carbocycles. The minimum Gasteiger partial charge on any atom is -0.495 e. The van der Waals surface area contributed by atoms with Gasteiger partial charge in [-0.05, 0) is 24.1 Å². The van der Waals surface area contributed by atoms with Crippen LogP contribution in [0.3, 0.4) is 0 Å². The molecule has 6 heteroatoms. The van der Waals surface area contributed by atoms with E-state index in [1.807, 2.05) is 0 Å². The number of ketones is 1. The maximum atomic E-state index is 11.5. The van der Waals surface area contributed by atoms with Crippen LogP contribution in [0.1, 0.15) is 22.3 Å². The number of ether oxygens (including phenoxy) is 1. The van der Waals surface area contributed by atoms with Gasteiger partial charge in [0.05, 0.1) is 19.1 Å². The van der Waals surface area contributed by atoms with Crippen LogP contribution in [0, 0.1) is 0 Å². The molecule has 0 saturated carbocycles. The molecule has 1 aromatic rings. The minimum absolute atomic E-state index is 0.0733. The van der Waals surface area contributed by atoms with Crippen LogP contribution in [0.4, 0.5) is 5.69 Å². The summed E-state index contributed by atoms with van der Waals surface area (Å²) in [5, 5.41) is 0. The van der Waals surface area contributed by atoms with Crippen molar-refractivity contribution in [2.75, 3.05) is 18.1 Å². The zero-order chi connectivity index (χ0) is 12.6. The van der Waals surface area contributed by atoms with E-state index < -0.39 is 10.0 Å². The molecule has 92 valence electrons. The lowest BCUT2D eigenvalue weighted by molar-refractivity contribution is 0.0994. The lowest BCUT2D eigenvalue weighted by Crippen LogP contribution is -2.11. The number of sulfonamides is 1. The monoisotopic (exact) mass is 255 g/mol. The Hall–Kier alpha value is -1.56. The molecule has 17 heavy (non-hydrogen) atoms. The topological polar surface area (TPSA) is 72.5 Å². The molecule has 0 amide bonds. The highest BCUT2D eigenvalue weighted by atomic mass is 32.2. The summed E-state index contributed by atoms with van der Waals surface area (Å²) in [4.78, 5) is 11.5. The molecule has 5 nitrogen and oxygen atoms in total. The summed E-state index contributed by atoms with van der Waals surface area (Å²) >= 11 is 0. The molecule has 0 unspecified atom stereocenters. The molecule has 1 N–H and O–H groups in total. The molecular weight excluding hydrogens is 242 g/mol. The van der Waals surface area contributed by atoms with Crippen molar-refractivity contribution in [2.45, 2.75) is 12.8 Å². The van der Waals surface area contributed by atoms with Crippen molar-refractivity contribution < 1.29 is 17.9 Å². The summed E-state index contributed by atoms with van der Waals surface area (Å²) in [6, 6.07) is 3.26. The Bertz CT molecular complexity index is 577. The maximum Gasteiger partial charge on any atom is 0.229 e. The van der Waals surface area contributed by atoms with E-state index in [0.717, 1.165) is 11.8 Å². The van der Waals surface area contributed by atoms with Crippen molar-refractivity contribution in [1.29, 1.82) is 0 Å². The number of Topliss-reactive ketones (excluding diaryl/α,β-unsaturated/α-hetero) is 1. The van der Waals surface area contributed by atoms with Crippen LogP contribution in [0.2, 0.25) is 0 Å². The number of methoxy groups -OCH3 is 1. The first-order valence-electron chi connectivity index (χ1n) is 5.12. The van der Waals surface area contributed by atoms with E-state index in [9.17, 15) is 13.2 Å². The van der Waals surface area contributed by atoms with Crippen molar-refractivity contribution in [1.82, 2.24) is 0 Å². The average Bonchev–Trinajstić information content (AvgIpc) is 2.56. The predicted octanol–water partition coefficient (Wildman–Crippen LogP) is 1.20. The molecule has 0 fully saturated rings. The average molecular weight is 255 g/mol. The Kier molecular flexibility index (Phi) is 2.82. The van der Waals surface area contributed by atoms with Gasteiger partial charge >= 0.3 is 0 Å². The Morgan fingerprint density at radius 1 is 1.29 bits per heavy atom. The highest BCUT2D eigenvalue weighted by molar-refractivity contribution is 7.92. The van der Waals surface area contributed by atoms with Crippen LogP contribution in [0.5, 0.6) is 5.75 Å². The number of rotatable bonds is 3. The summed E-state index contributed by atoms with van der Waals surface area (Å²) < 4.78 is 29.9. The Morgan fingerprint density at radius 2 is 2.00 bits per heavy atom. The summed E-state index contributed by atoms with van der Waals surface area (Å²) in [5.41, 5.74) is 1.87. The largest absolute Gasteiger partial charge is 0.495 e. The molecule has 0 radical (unpaired) electrons. The summed E-state index contributed by atoms with van der Waals surface area (Å²) in [5.74, 6) is 0.439. The molecule has 0 bridgehead atoms. The van der Waals surface area contributed by atoms with Gasteiger partial charge in [-0.3, -0.25) is 9.52 Å². The number of benzene rings is 1. The van der Waals surface area contributed by atoms with E-state index in [1.165, 1.54) is 7.11 Å². The second kappa shape index (κ2) is 4.03. The number of anilines is 1. The van der Waals surface area contributed by atoms with E-state index >= 15 is 0 Å². The van der Waals surface area contributed by atoms with E-state index in [0.29, 0.717) is 29.8 Å². The van der Waals surface area contributed by atoms with E-state index in [4.69, 9.17) is 4.74 Å². The quantitative estimate of drug-likeness (QED) is 0.880. The Morgan fingerprint density at radius 3 is 2.59 bits per heavy atom. The van der Waals surface area contributed by atoms with Crippen molar-refractivity contribution in [2.24, 2.45) is 0 Å². The van der Waals surface area contributed by atoms with Crippen LogP contribution >= 0.6 is 0 Å². The summed E-state index contributed by atoms with van der Waals surface area (Å²) in [7, 11) is -1.92. The molecular formula is C11H13NO4S. The standard InChI is InChI=1S/C11H13NO4S/c1-16-11-6-8-7(3-4-10(8)13)5-9(11)12-17(2,14)15/h5-6,12H,3-4H2,1-2H3. The number of hydrogen-bond acceptors (Lipinski definition) is 4. The first-order valence-corrected chi connectivity index (χ1v) is 7.02. The minimum atomic E-state index is -3.36. The fourth-order valence-corrected chi connectivity index (χ4v) is 2.48. The molecule has 2 rings (SSSR count). The van der Waals surface area contributed by atoms with Gasteiger partial charge in [0.2, 0.25) is 10.0 Å². The van der Waals surface area contributed by atoms with Gasteiger partial charge in [-0.25, -0.2) is 8.42 Å². The van der Waals surface area contributed by atoms with Crippen molar-refractivity contribution in [3.63, 3.8) is 0 Å². The predicted molar refractivity (Wildman–Crippen MR) is 64.1 cm³/mol. The van der Waals surface area contributed by atoms with Gasteiger partial charge in [0.25, 0.3) is 0 Å². The molecule has 0 aliphatic heterocycles. The van der Waals surface area contributed by atoms with E-state index in [-0.39, 0.29) is 5.78 Å². The SMILES string of the molecule is COc1cc2c(cc1NS(C)(=O)=O)CCC2=O.